The lowest BCUT2D eigenvalue weighted by atomic mass is 9.76. The summed E-state index contributed by atoms with van der Waals surface area (Å²) >= 11 is 0. The molecule has 0 bridgehead atoms. The van der Waals surface area contributed by atoms with Crippen molar-refractivity contribution in [1.29, 1.82) is 0 Å². The highest BCUT2D eigenvalue weighted by molar-refractivity contribution is 5.38. The summed E-state index contributed by atoms with van der Waals surface area (Å²) in [5.74, 6) is 1.64. The Morgan fingerprint density at radius 2 is 1.70 bits per heavy atom. The summed E-state index contributed by atoms with van der Waals surface area (Å²) in [6, 6.07) is 16.6. The number of ether oxygens (including phenoxy) is 2. The fourth-order valence-corrected chi connectivity index (χ4v) is 4.13. The van der Waals surface area contributed by atoms with Gasteiger partial charge >= 0.3 is 0 Å². The van der Waals surface area contributed by atoms with E-state index in [0.717, 1.165) is 56.8 Å². The Morgan fingerprint density at radius 1 is 1.00 bits per heavy atom. The predicted octanol–water partition coefficient (Wildman–Crippen LogP) is 3.91. The van der Waals surface area contributed by atoms with Crippen molar-refractivity contribution in [2.75, 3.05) is 33.9 Å². The lowest BCUT2D eigenvalue weighted by molar-refractivity contribution is 0.0223. The molecule has 0 aromatic heterocycles. The molecule has 0 spiro atoms. The first-order valence-electron chi connectivity index (χ1n) is 9.75. The number of hydrogen-bond donors (Lipinski definition) is 1. The van der Waals surface area contributed by atoms with Gasteiger partial charge in [-0.25, -0.2) is 0 Å². The highest BCUT2D eigenvalue weighted by atomic mass is 16.5. The summed E-state index contributed by atoms with van der Waals surface area (Å²) in [5.41, 5.74) is 2.51. The smallest absolute Gasteiger partial charge is 0.122 e. The average Bonchev–Trinajstić information content (AvgIpc) is 2.73. The number of aliphatic hydroxyl groups excluding tert-OH is 1. The normalized spacial score (nSPS) is 20.4. The third kappa shape index (κ3) is 5.24. The van der Waals surface area contributed by atoms with Crippen molar-refractivity contribution in [3.63, 3.8) is 0 Å². The van der Waals surface area contributed by atoms with Crippen molar-refractivity contribution in [1.82, 2.24) is 4.90 Å². The Kier molecular flexibility index (Phi) is 6.75. The standard InChI is InChI=1S/C23H31NO3/c1-26-21-13-20(14-22(15-21)27-2)16-24-12-6-10-23(17-24,18-25)11-9-19-7-4-3-5-8-19/h3-5,7-8,13-15,25H,6,9-12,16-18H2,1-2H3/t23-/m1/s1. The van der Waals surface area contributed by atoms with Gasteiger partial charge < -0.3 is 14.6 Å². The van der Waals surface area contributed by atoms with Gasteiger partial charge in [0.05, 0.1) is 14.2 Å². The number of likely N-dealkylation sites (tertiary alicyclic amines) is 1. The van der Waals surface area contributed by atoms with Gasteiger partial charge in [0, 0.05) is 31.2 Å². The third-order valence-corrected chi connectivity index (χ3v) is 5.68. The maximum Gasteiger partial charge on any atom is 0.122 e. The van der Waals surface area contributed by atoms with Crippen LogP contribution < -0.4 is 9.47 Å². The number of methoxy groups -OCH3 is 2. The number of aliphatic hydroxyl groups is 1. The fourth-order valence-electron chi connectivity index (χ4n) is 4.13. The van der Waals surface area contributed by atoms with E-state index in [-0.39, 0.29) is 12.0 Å². The SMILES string of the molecule is COc1cc(CN2CCC[C@@](CO)(CCc3ccccc3)C2)cc(OC)c1. The van der Waals surface area contributed by atoms with Gasteiger partial charge in [-0.3, -0.25) is 4.90 Å². The molecule has 0 radical (unpaired) electrons. The molecule has 3 rings (SSSR count). The van der Waals surface area contributed by atoms with E-state index in [1.807, 2.05) is 6.07 Å². The van der Waals surface area contributed by atoms with Crippen molar-refractivity contribution in [3.05, 3.63) is 59.7 Å². The van der Waals surface area contributed by atoms with E-state index < -0.39 is 0 Å². The maximum atomic E-state index is 10.2. The highest BCUT2D eigenvalue weighted by Gasteiger charge is 2.34. The summed E-state index contributed by atoms with van der Waals surface area (Å²) in [4.78, 5) is 2.46. The molecule has 1 N–H and O–H groups in total. The summed E-state index contributed by atoms with van der Waals surface area (Å²) in [5, 5.41) is 10.2. The van der Waals surface area contributed by atoms with Crippen LogP contribution in [0.25, 0.3) is 0 Å². The van der Waals surface area contributed by atoms with E-state index in [9.17, 15) is 5.11 Å². The summed E-state index contributed by atoms with van der Waals surface area (Å²) < 4.78 is 10.8. The summed E-state index contributed by atoms with van der Waals surface area (Å²) in [6.07, 6.45) is 4.25. The van der Waals surface area contributed by atoms with E-state index in [2.05, 4.69) is 47.4 Å². The highest BCUT2D eigenvalue weighted by Crippen LogP contribution is 2.35. The molecule has 0 saturated carbocycles. The second kappa shape index (κ2) is 9.25. The van der Waals surface area contributed by atoms with Crippen molar-refractivity contribution >= 4 is 0 Å². The molecule has 0 unspecified atom stereocenters. The van der Waals surface area contributed by atoms with Crippen LogP contribution in [-0.4, -0.2) is 43.9 Å². The molecule has 146 valence electrons. The van der Waals surface area contributed by atoms with Crippen LogP contribution in [0.2, 0.25) is 0 Å². The molecule has 2 aromatic carbocycles. The Labute approximate surface area is 162 Å². The number of nitrogens with zero attached hydrogens (tertiary/aromatic N) is 1. The molecule has 1 aliphatic rings. The molecule has 0 amide bonds. The van der Waals surface area contributed by atoms with E-state index in [4.69, 9.17) is 9.47 Å². The number of benzene rings is 2. The molecule has 1 aliphatic heterocycles. The second-order valence-corrected chi connectivity index (χ2v) is 7.68. The zero-order valence-electron chi connectivity index (χ0n) is 16.5. The minimum Gasteiger partial charge on any atom is -0.497 e. The van der Waals surface area contributed by atoms with Gasteiger partial charge in [0.25, 0.3) is 0 Å². The van der Waals surface area contributed by atoms with Crippen LogP contribution in [0.4, 0.5) is 0 Å². The first kappa shape index (κ1) is 19.7. The van der Waals surface area contributed by atoms with Gasteiger partial charge in [0.2, 0.25) is 0 Å². The molecule has 27 heavy (non-hydrogen) atoms. The van der Waals surface area contributed by atoms with Crippen LogP contribution in [0.1, 0.15) is 30.4 Å². The number of hydrogen-bond acceptors (Lipinski definition) is 4. The maximum absolute atomic E-state index is 10.2. The molecule has 4 heteroatoms. The molecular formula is C23H31NO3. The lowest BCUT2D eigenvalue weighted by Gasteiger charge is -2.42. The van der Waals surface area contributed by atoms with Crippen LogP contribution >= 0.6 is 0 Å². The van der Waals surface area contributed by atoms with Gasteiger partial charge in [0.1, 0.15) is 11.5 Å². The van der Waals surface area contributed by atoms with Gasteiger partial charge in [-0.2, -0.15) is 0 Å². The van der Waals surface area contributed by atoms with Crippen LogP contribution in [0.5, 0.6) is 11.5 Å². The van der Waals surface area contributed by atoms with E-state index in [0.29, 0.717) is 0 Å². The predicted molar refractivity (Wildman–Crippen MR) is 108 cm³/mol. The first-order valence-corrected chi connectivity index (χ1v) is 9.75. The Balaban J connectivity index is 1.67. The van der Waals surface area contributed by atoms with Crippen LogP contribution in [0, 0.1) is 5.41 Å². The monoisotopic (exact) mass is 369 g/mol. The molecule has 1 fully saturated rings. The van der Waals surface area contributed by atoms with Gasteiger partial charge in [-0.1, -0.05) is 30.3 Å². The van der Waals surface area contributed by atoms with Crippen LogP contribution in [0.15, 0.2) is 48.5 Å². The molecule has 1 atom stereocenters. The van der Waals surface area contributed by atoms with Crippen molar-refractivity contribution in [3.8, 4) is 11.5 Å². The van der Waals surface area contributed by atoms with E-state index in [1.54, 1.807) is 14.2 Å². The van der Waals surface area contributed by atoms with Crippen molar-refractivity contribution in [2.24, 2.45) is 5.41 Å². The van der Waals surface area contributed by atoms with Crippen molar-refractivity contribution in [2.45, 2.75) is 32.2 Å². The number of piperidine rings is 1. The third-order valence-electron chi connectivity index (χ3n) is 5.68. The lowest BCUT2D eigenvalue weighted by Crippen LogP contribution is -2.45. The molecule has 4 nitrogen and oxygen atoms in total. The Bertz CT molecular complexity index is 697. The Hall–Kier alpha value is -2.04. The zero-order valence-corrected chi connectivity index (χ0v) is 16.5. The van der Waals surface area contributed by atoms with Crippen LogP contribution in [0.3, 0.4) is 0 Å². The number of aryl methyl sites for hydroxylation is 1. The zero-order chi connectivity index (χ0) is 19.1. The summed E-state index contributed by atoms with van der Waals surface area (Å²) in [6.45, 7) is 3.08. The van der Waals surface area contributed by atoms with Crippen LogP contribution in [-0.2, 0) is 13.0 Å². The van der Waals surface area contributed by atoms with Crippen molar-refractivity contribution < 1.29 is 14.6 Å². The van der Waals surface area contributed by atoms with Gasteiger partial charge in [0.15, 0.2) is 0 Å². The van der Waals surface area contributed by atoms with E-state index in [1.165, 1.54) is 11.1 Å². The van der Waals surface area contributed by atoms with Gasteiger partial charge in [-0.05, 0) is 55.5 Å². The quantitative estimate of drug-likeness (QED) is 0.766. The second-order valence-electron chi connectivity index (χ2n) is 7.68. The minimum absolute atomic E-state index is 0.0168. The van der Waals surface area contributed by atoms with Gasteiger partial charge in [-0.15, -0.1) is 0 Å². The topological polar surface area (TPSA) is 41.9 Å². The fraction of sp³-hybridized carbons (Fsp3) is 0.478. The number of rotatable bonds is 8. The van der Waals surface area contributed by atoms with E-state index >= 15 is 0 Å². The minimum atomic E-state index is -0.0168. The summed E-state index contributed by atoms with van der Waals surface area (Å²) in [7, 11) is 3.36. The molecule has 1 heterocycles. The largest absolute Gasteiger partial charge is 0.497 e. The molecule has 0 aliphatic carbocycles. The molecule has 1 saturated heterocycles. The molecular weight excluding hydrogens is 338 g/mol. The Morgan fingerprint density at radius 3 is 2.33 bits per heavy atom. The average molecular weight is 370 g/mol. The molecule has 2 aromatic rings. The first-order chi connectivity index (χ1) is 13.2.